The molecule has 126 valence electrons. The fraction of sp³-hybridized carbons (Fsp3) is 0.300. The summed E-state index contributed by atoms with van der Waals surface area (Å²) >= 11 is 0. The molecule has 0 saturated heterocycles. The number of hydrogen-bond acceptors (Lipinski definition) is 3. The van der Waals surface area contributed by atoms with Crippen molar-refractivity contribution in [3.05, 3.63) is 70.8 Å². The molecule has 0 bridgehead atoms. The van der Waals surface area contributed by atoms with Crippen molar-refractivity contribution in [2.24, 2.45) is 0 Å². The van der Waals surface area contributed by atoms with E-state index in [9.17, 15) is 8.42 Å². The van der Waals surface area contributed by atoms with Gasteiger partial charge in [0.1, 0.15) is 0 Å². The molecule has 2 aromatic carbocycles. The molecule has 0 amide bonds. The quantitative estimate of drug-likeness (QED) is 0.755. The summed E-state index contributed by atoms with van der Waals surface area (Å²) in [5, 5.41) is 0. The summed E-state index contributed by atoms with van der Waals surface area (Å²) in [5.41, 5.74) is 5.99. The van der Waals surface area contributed by atoms with Crippen LogP contribution in [0.1, 0.15) is 35.1 Å². The van der Waals surface area contributed by atoms with Crippen LogP contribution in [0.5, 0.6) is 0 Å². The SMILES string of the molecule is Cc1ccc(S(=O)(=O)OCCC2=CCCc3ccc(C)cc32)cc1. The van der Waals surface area contributed by atoms with Crippen molar-refractivity contribution >= 4 is 15.7 Å². The molecule has 0 unspecified atom stereocenters. The molecule has 0 saturated carbocycles. The van der Waals surface area contributed by atoms with Gasteiger partial charge in [-0.2, -0.15) is 8.42 Å². The van der Waals surface area contributed by atoms with Crippen LogP contribution < -0.4 is 0 Å². The maximum absolute atomic E-state index is 12.2. The van der Waals surface area contributed by atoms with Gasteiger partial charge in [-0.25, -0.2) is 0 Å². The largest absolute Gasteiger partial charge is 0.296 e. The summed E-state index contributed by atoms with van der Waals surface area (Å²) in [4.78, 5) is 0.210. The Balaban J connectivity index is 1.68. The van der Waals surface area contributed by atoms with E-state index in [0.717, 1.165) is 18.4 Å². The second-order valence-electron chi connectivity index (χ2n) is 6.27. The van der Waals surface area contributed by atoms with E-state index in [1.54, 1.807) is 24.3 Å². The van der Waals surface area contributed by atoms with E-state index in [2.05, 4.69) is 31.2 Å². The van der Waals surface area contributed by atoms with E-state index < -0.39 is 10.1 Å². The van der Waals surface area contributed by atoms with Gasteiger partial charge in [-0.15, -0.1) is 0 Å². The standard InChI is InChI=1S/C20H22O3S/c1-15-7-10-19(11-8-15)24(21,22)23-13-12-18-5-3-4-17-9-6-16(2)14-20(17)18/h5-11,14H,3-4,12-13H2,1-2H3. The topological polar surface area (TPSA) is 43.4 Å². The van der Waals surface area contributed by atoms with Gasteiger partial charge in [-0.1, -0.05) is 47.5 Å². The lowest BCUT2D eigenvalue weighted by Crippen LogP contribution is -2.09. The Morgan fingerprint density at radius 1 is 1.00 bits per heavy atom. The lowest BCUT2D eigenvalue weighted by molar-refractivity contribution is 0.326. The predicted octanol–water partition coefficient (Wildman–Crippen LogP) is 4.43. The zero-order valence-corrected chi connectivity index (χ0v) is 14.9. The molecular formula is C20H22O3S. The molecule has 3 nitrogen and oxygen atoms in total. The Kier molecular flexibility index (Phi) is 4.88. The Hall–Kier alpha value is -1.91. The summed E-state index contributed by atoms with van der Waals surface area (Å²) in [6, 6.07) is 13.2. The molecule has 4 heteroatoms. The second-order valence-corrected chi connectivity index (χ2v) is 7.88. The molecule has 0 aromatic heterocycles. The minimum absolute atomic E-state index is 0.162. The number of aryl methyl sites for hydroxylation is 3. The first kappa shape index (κ1) is 16.9. The van der Waals surface area contributed by atoms with E-state index in [1.165, 1.54) is 22.3 Å². The number of allylic oxidation sites excluding steroid dienone is 1. The molecule has 3 rings (SSSR count). The molecule has 0 spiro atoms. The summed E-state index contributed by atoms with van der Waals surface area (Å²) in [7, 11) is -3.69. The lowest BCUT2D eigenvalue weighted by Gasteiger charge is -2.18. The first-order chi connectivity index (χ1) is 11.5. The average Bonchev–Trinajstić information content (AvgIpc) is 2.55. The van der Waals surface area contributed by atoms with Crippen molar-refractivity contribution in [2.45, 2.75) is 38.0 Å². The van der Waals surface area contributed by atoms with Crippen LogP contribution in [0, 0.1) is 13.8 Å². The van der Waals surface area contributed by atoms with Crippen LogP contribution in [0.4, 0.5) is 0 Å². The summed E-state index contributed by atoms with van der Waals surface area (Å²) in [5.74, 6) is 0. The summed E-state index contributed by atoms with van der Waals surface area (Å²) in [6.45, 7) is 4.16. The Bertz CT molecular complexity index is 862. The number of benzene rings is 2. The van der Waals surface area contributed by atoms with Gasteiger partial charge in [-0.05, 0) is 61.9 Å². The number of rotatable bonds is 5. The first-order valence-corrected chi connectivity index (χ1v) is 9.61. The van der Waals surface area contributed by atoms with Crippen LogP contribution in [0.3, 0.4) is 0 Å². The molecule has 1 aliphatic carbocycles. The smallest absolute Gasteiger partial charge is 0.266 e. The van der Waals surface area contributed by atoms with E-state index in [1.807, 2.05) is 6.92 Å². The molecule has 0 radical (unpaired) electrons. The van der Waals surface area contributed by atoms with Crippen LogP contribution >= 0.6 is 0 Å². The minimum Gasteiger partial charge on any atom is -0.266 e. The van der Waals surface area contributed by atoms with E-state index in [4.69, 9.17) is 4.18 Å². The average molecular weight is 342 g/mol. The summed E-state index contributed by atoms with van der Waals surface area (Å²) < 4.78 is 29.7. The molecule has 0 aliphatic heterocycles. The maximum Gasteiger partial charge on any atom is 0.296 e. The van der Waals surface area contributed by atoms with Crippen LogP contribution in [-0.2, 0) is 20.7 Å². The Morgan fingerprint density at radius 2 is 1.71 bits per heavy atom. The molecule has 2 aromatic rings. The molecule has 0 N–H and O–H groups in total. The van der Waals surface area contributed by atoms with E-state index in [0.29, 0.717) is 6.42 Å². The van der Waals surface area contributed by atoms with Gasteiger partial charge in [0.15, 0.2) is 0 Å². The van der Waals surface area contributed by atoms with Gasteiger partial charge in [0.05, 0.1) is 11.5 Å². The third-order valence-corrected chi connectivity index (χ3v) is 5.66. The van der Waals surface area contributed by atoms with Gasteiger partial charge < -0.3 is 0 Å². The Morgan fingerprint density at radius 3 is 2.46 bits per heavy atom. The van der Waals surface area contributed by atoms with Gasteiger partial charge in [0, 0.05) is 0 Å². The van der Waals surface area contributed by atoms with Crippen LogP contribution in [0.25, 0.3) is 5.57 Å². The third-order valence-electron chi connectivity index (χ3n) is 4.34. The van der Waals surface area contributed by atoms with Gasteiger partial charge in [0.2, 0.25) is 0 Å². The van der Waals surface area contributed by atoms with Crippen molar-refractivity contribution in [1.82, 2.24) is 0 Å². The van der Waals surface area contributed by atoms with Gasteiger partial charge >= 0.3 is 0 Å². The zero-order valence-electron chi connectivity index (χ0n) is 14.1. The second kappa shape index (κ2) is 6.91. The van der Waals surface area contributed by atoms with Gasteiger partial charge in [0.25, 0.3) is 10.1 Å². The fourth-order valence-corrected chi connectivity index (χ4v) is 3.90. The number of hydrogen-bond donors (Lipinski definition) is 0. The zero-order chi connectivity index (χ0) is 17.2. The van der Waals surface area contributed by atoms with E-state index in [-0.39, 0.29) is 11.5 Å². The van der Waals surface area contributed by atoms with E-state index >= 15 is 0 Å². The highest BCUT2D eigenvalue weighted by Crippen LogP contribution is 2.30. The molecule has 1 aliphatic rings. The number of fused-ring (bicyclic) bond motifs is 1. The minimum atomic E-state index is -3.69. The fourth-order valence-electron chi connectivity index (χ4n) is 2.99. The third kappa shape index (κ3) is 3.77. The molecular weight excluding hydrogens is 320 g/mol. The normalized spacial score (nSPS) is 14.2. The van der Waals surface area contributed by atoms with Crippen molar-refractivity contribution in [1.29, 1.82) is 0 Å². The highest BCUT2D eigenvalue weighted by Gasteiger charge is 2.17. The van der Waals surface area contributed by atoms with Crippen LogP contribution in [0.15, 0.2) is 53.4 Å². The molecule has 24 heavy (non-hydrogen) atoms. The predicted molar refractivity (Wildman–Crippen MR) is 96.4 cm³/mol. The van der Waals surface area contributed by atoms with Gasteiger partial charge in [-0.3, -0.25) is 4.18 Å². The van der Waals surface area contributed by atoms with Crippen LogP contribution in [-0.4, -0.2) is 15.0 Å². The first-order valence-electron chi connectivity index (χ1n) is 8.21. The van der Waals surface area contributed by atoms with Crippen LogP contribution in [0.2, 0.25) is 0 Å². The Labute approximate surface area is 144 Å². The van der Waals surface area contributed by atoms with Crippen molar-refractivity contribution in [3.8, 4) is 0 Å². The van der Waals surface area contributed by atoms with Crippen molar-refractivity contribution in [3.63, 3.8) is 0 Å². The monoisotopic (exact) mass is 342 g/mol. The van der Waals surface area contributed by atoms with Crippen molar-refractivity contribution in [2.75, 3.05) is 6.61 Å². The summed E-state index contributed by atoms with van der Waals surface area (Å²) in [6.07, 6.45) is 4.84. The highest BCUT2D eigenvalue weighted by molar-refractivity contribution is 7.86. The molecule has 0 atom stereocenters. The van der Waals surface area contributed by atoms with Crippen molar-refractivity contribution < 1.29 is 12.6 Å². The molecule has 0 fully saturated rings. The maximum atomic E-state index is 12.2. The lowest BCUT2D eigenvalue weighted by atomic mass is 9.88. The molecule has 0 heterocycles. The highest BCUT2D eigenvalue weighted by atomic mass is 32.2.